The van der Waals surface area contributed by atoms with Crippen molar-refractivity contribution in [3.8, 4) is 0 Å². The van der Waals surface area contributed by atoms with E-state index in [4.69, 9.17) is 5.10 Å². The highest BCUT2D eigenvalue weighted by Crippen LogP contribution is 2.21. The standard InChI is InChI=1S/C17H18N8/c1-13-12-25-15(20-13)2-3-16(21-25)22-8-10-23(11-9-22)17-14-4-5-19-24(14)7-6-18-17/h2-7,12H,8-11H2,1H3. The highest BCUT2D eigenvalue weighted by atomic mass is 15.4. The molecule has 0 atom stereocenters. The van der Waals surface area contributed by atoms with Crippen LogP contribution >= 0.6 is 0 Å². The largest absolute Gasteiger partial charge is 0.352 e. The summed E-state index contributed by atoms with van der Waals surface area (Å²) >= 11 is 0. The lowest BCUT2D eigenvalue weighted by atomic mass is 10.3. The summed E-state index contributed by atoms with van der Waals surface area (Å²) in [6.45, 7) is 5.60. The second-order valence-corrected chi connectivity index (χ2v) is 6.26. The number of hydrogen-bond acceptors (Lipinski definition) is 6. The van der Waals surface area contributed by atoms with Crippen molar-refractivity contribution in [2.24, 2.45) is 0 Å². The van der Waals surface area contributed by atoms with Crippen LogP contribution in [0.4, 0.5) is 11.6 Å². The lowest BCUT2D eigenvalue weighted by Gasteiger charge is -2.36. The highest BCUT2D eigenvalue weighted by molar-refractivity contribution is 5.68. The van der Waals surface area contributed by atoms with Crippen molar-refractivity contribution in [2.45, 2.75) is 6.92 Å². The van der Waals surface area contributed by atoms with E-state index in [1.54, 1.807) is 6.20 Å². The van der Waals surface area contributed by atoms with Crippen molar-refractivity contribution >= 4 is 22.8 Å². The molecule has 0 bridgehead atoms. The monoisotopic (exact) mass is 334 g/mol. The topological polar surface area (TPSA) is 66.9 Å². The molecular weight excluding hydrogens is 316 g/mol. The minimum atomic E-state index is 0.886. The second kappa shape index (κ2) is 5.44. The van der Waals surface area contributed by atoms with Crippen LogP contribution in [0.25, 0.3) is 11.2 Å². The summed E-state index contributed by atoms with van der Waals surface area (Å²) in [5, 5.41) is 8.98. The maximum absolute atomic E-state index is 4.69. The minimum absolute atomic E-state index is 0.886. The van der Waals surface area contributed by atoms with Crippen molar-refractivity contribution in [1.29, 1.82) is 0 Å². The lowest BCUT2D eigenvalue weighted by Crippen LogP contribution is -2.47. The zero-order chi connectivity index (χ0) is 16.8. The first kappa shape index (κ1) is 14.2. The molecule has 1 fully saturated rings. The molecule has 4 aromatic rings. The van der Waals surface area contributed by atoms with E-state index in [-0.39, 0.29) is 0 Å². The molecule has 0 saturated carbocycles. The number of fused-ring (bicyclic) bond motifs is 2. The number of hydrogen-bond donors (Lipinski definition) is 0. The van der Waals surface area contributed by atoms with Crippen LogP contribution in [0.15, 0.2) is 43.0 Å². The molecule has 1 saturated heterocycles. The number of imidazole rings is 1. The Morgan fingerprint density at radius 3 is 2.64 bits per heavy atom. The summed E-state index contributed by atoms with van der Waals surface area (Å²) in [6.07, 6.45) is 7.45. The van der Waals surface area contributed by atoms with E-state index in [0.29, 0.717) is 0 Å². The summed E-state index contributed by atoms with van der Waals surface area (Å²) in [4.78, 5) is 13.6. The predicted octanol–water partition coefficient (Wildman–Crippen LogP) is 1.41. The summed E-state index contributed by atoms with van der Waals surface area (Å²) < 4.78 is 3.72. The maximum atomic E-state index is 4.69. The van der Waals surface area contributed by atoms with Gasteiger partial charge in [0.2, 0.25) is 0 Å². The van der Waals surface area contributed by atoms with Crippen molar-refractivity contribution in [3.05, 3.63) is 48.7 Å². The predicted molar refractivity (Wildman–Crippen MR) is 95.1 cm³/mol. The van der Waals surface area contributed by atoms with Crippen LogP contribution in [0.5, 0.6) is 0 Å². The first-order valence-corrected chi connectivity index (χ1v) is 8.39. The van der Waals surface area contributed by atoms with Gasteiger partial charge >= 0.3 is 0 Å². The van der Waals surface area contributed by atoms with Gasteiger partial charge < -0.3 is 9.80 Å². The number of anilines is 2. The molecular formula is C17H18N8. The van der Waals surface area contributed by atoms with E-state index in [1.807, 2.05) is 52.7 Å². The summed E-state index contributed by atoms with van der Waals surface area (Å²) in [6, 6.07) is 6.08. The maximum Gasteiger partial charge on any atom is 0.154 e. The van der Waals surface area contributed by atoms with Gasteiger partial charge in [-0.3, -0.25) is 0 Å². The summed E-state index contributed by atoms with van der Waals surface area (Å²) in [5.41, 5.74) is 2.91. The van der Waals surface area contributed by atoms with Crippen LogP contribution in [-0.4, -0.2) is 55.4 Å². The van der Waals surface area contributed by atoms with Gasteiger partial charge in [-0.05, 0) is 25.1 Å². The van der Waals surface area contributed by atoms with Gasteiger partial charge in [0.15, 0.2) is 11.5 Å². The van der Waals surface area contributed by atoms with Gasteiger partial charge in [0.05, 0.1) is 18.1 Å². The first-order valence-electron chi connectivity index (χ1n) is 8.39. The van der Waals surface area contributed by atoms with Gasteiger partial charge in [-0.15, -0.1) is 5.10 Å². The molecule has 25 heavy (non-hydrogen) atoms. The zero-order valence-corrected chi connectivity index (χ0v) is 13.9. The van der Waals surface area contributed by atoms with Crippen molar-refractivity contribution in [1.82, 2.24) is 29.2 Å². The van der Waals surface area contributed by atoms with Crippen LogP contribution in [-0.2, 0) is 0 Å². The highest BCUT2D eigenvalue weighted by Gasteiger charge is 2.21. The Kier molecular flexibility index (Phi) is 3.09. The average Bonchev–Trinajstić information content (AvgIpc) is 3.26. The van der Waals surface area contributed by atoms with Crippen molar-refractivity contribution in [3.63, 3.8) is 0 Å². The summed E-state index contributed by atoms with van der Waals surface area (Å²) in [7, 11) is 0. The molecule has 4 aromatic heterocycles. The molecule has 0 unspecified atom stereocenters. The van der Waals surface area contributed by atoms with E-state index in [1.165, 1.54) is 0 Å². The molecule has 1 aliphatic heterocycles. The normalized spacial score (nSPS) is 15.4. The van der Waals surface area contributed by atoms with Gasteiger partial charge in [-0.2, -0.15) is 5.10 Å². The van der Waals surface area contributed by atoms with Crippen LogP contribution in [0.2, 0.25) is 0 Å². The first-order chi connectivity index (χ1) is 12.3. The molecule has 0 amide bonds. The molecule has 0 aliphatic carbocycles. The third-order valence-corrected chi connectivity index (χ3v) is 4.63. The quantitative estimate of drug-likeness (QED) is 0.552. The van der Waals surface area contributed by atoms with Crippen molar-refractivity contribution in [2.75, 3.05) is 36.0 Å². The third kappa shape index (κ3) is 2.37. The Bertz CT molecular complexity index is 1040. The van der Waals surface area contributed by atoms with Crippen LogP contribution in [0.3, 0.4) is 0 Å². The van der Waals surface area contributed by atoms with Gasteiger partial charge in [-0.1, -0.05) is 0 Å². The Labute approximate surface area is 144 Å². The van der Waals surface area contributed by atoms with Gasteiger partial charge in [-0.25, -0.2) is 19.0 Å². The number of piperazine rings is 1. The van der Waals surface area contributed by atoms with Gasteiger partial charge in [0.25, 0.3) is 0 Å². The van der Waals surface area contributed by atoms with Crippen LogP contribution in [0, 0.1) is 6.92 Å². The van der Waals surface area contributed by atoms with Crippen LogP contribution in [0.1, 0.15) is 5.69 Å². The Hall–Kier alpha value is -3.16. The number of rotatable bonds is 2. The van der Waals surface area contributed by atoms with Gasteiger partial charge in [0.1, 0.15) is 11.3 Å². The van der Waals surface area contributed by atoms with E-state index >= 15 is 0 Å². The third-order valence-electron chi connectivity index (χ3n) is 4.63. The SMILES string of the molecule is Cc1cn2nc(N3CCN(c4nccn5nccc45)CC3)ccc2n1. The molecule has 8 nitrogen and oxygen atoms in total. The fraction of sp³-hybridized carbons (Fsp3) is 0.294. The number of nitrogens with zero attached hydrogens (tertiary/aromatic N) is 8. The fourth-order valence-electron chi connectivity index (χ4n) is 3.39. The molecule has 8 heteroatoms. The molecule has 5 heterocycles. The molecule has 0 radical (unpaired) electrons. The Morgan fingerprint density at radius 2 is 1.76 bits per heavy atom. The Morgan fingerprint density at radius 1 is 0.920 bits per heavy atom. The smallest absolute Gasteiger partial charge is 0.154 e. The molecule has 5 rings (SSSR count). The van der Waals surface area contributed by atoms with E-state index in [0.717, 1.165) is 54.7 Å². The number of aromatic nitrogens is 6. The average molecular weight is 334 g/mol. The summed E-state index contributed by atoms with van der Waals surface area (Å²) in [5.74, 6) is 1.98. The fourth-order valence-corrected chi connectivity index (χ4v) is 3.39. The van der Waals surface area contributed by atoms with Gasteiger partial charge in [0, 0.05) is 38.6 Å². The molecule has 0 N–H and O–H groups in total. The van der Waals surface area contributed by atoms with E-state index in [2.05, 4.69) is 24.9 Å². The number of aryl methyl sites for hydroxylation is 1. The molecule has 0 aromatic carbocycles. The minimum Gasteiger partial charge on any atom is -0.352 e. The zero-order valence-electron chi connectivity index (χ0n) is 13.9. The molecule has 0 spiro atoms. The van der Waals surface area contributed by atoms with Crippen molar-refractivity contribution < 1.29 is 0 Å². The molecule has 1 aliphatic rings. The lowest BCUT2D eigenvalue weighted by molar-refractivity contribution is 0.636. The van der Waals surface area contributed by atoms with E-state index < -0.39 is 0 Å². The van der Waals surface area contributed by atoms with Crippen LogP contribution < -0.4 is 9.80 Å². The Balaban J connectivity index is 1.37. The second-order valence-electron chi connectivity index (χ2n) is 6.26. The van der Waals surface area contributed by atoms with E-state index in [9.17, 15) is 0 Å². The molecule has 126 valence electrons.